The van der Waals surface area contributed by atoms with Gasteiger partial charge in [-0.3, -0.25) is 9.69 Å². The molecule has 0 bridgehead atoms. The van der Waals surface area contributed by atoms with Crippen LogP contribution in [0.5, 0.6) is 0 Å². The van der Waals surface area contributed by atoms with Crippen molar-refractivity contribution in [1.29, 1.82) is 0 Å². The predicted octanol–water partition coefficient (Wildman–Crippen LogP) is 4.11. The van der Waals surface area contributed by atoms with Crippen molar-refractivity contribution >= 4 is 11.9 Å². The van der Waals surface area contributed by atoms with E-state index < -0.39 is 11.6 Å². The molecule has 3 amide bonds. The van der Waals surface area contributed by atoms with Gasteiger partial charge in [-0.2, -0.15) is 0 Å². The van der Waals surface area contributed by atoms with E-state index in [-0.39, 0.29) is 37.2 Å². The van der Waals surface area contributed by atoms with E-state index >= 15 is 0 Å². The molecule has 0 saturated carbocycles. The number of halogens is 1. The molecule has 0 radical (unpaired) electrons. The molecular weight excluding hydrogens is 449 g/mol. The second-order valence-corrected chi connectivity index (χ2v) is 9.91. The first kappa shape index (κ1) is 25.4. The highest BCUT2D eigenvalue weighted by atomic mass is 19.1. The van der Waals surface area contributed by atoms with Crippen molar-refractivity contribution in [1.82, 2.24) is 15.1 Å². The SMILES string of the molecule is COCCN1C(=O)N[C@](Cc2cccc(F)c2)(C2CCN(CC[C@@H](C)c3ccc(C)o3)CC2)C1=O. The zero-order chi connectivity index (χ0) is 25.0. The highest BCUT2D eigenvalue weighted by molar-refractivity contribution is 6.07. The predicted molar refractivity (Wildman–Crippen MR) is 131 cm³/mol. The first-order chi connectivity index (χ1) is 16.8. The van der Waals surface area contributed by atoms with Gasteiger partial charge in [-0.1, -0.05) is 19.1 Å². The summed E-state index contributed by atoms with van der Waals surface area (Å²) < 4.78 is 24.8. The van der Waals surface area contributed by atoms with E-state index in [1.807, 2.05) is 25.1 Å². The zero-order valence-electron chi connectivity index (χ0n) is 20.9. The number of ether oxygens (including phenoxy) is 1. The van der Waals surface area contributed by atoms with Crippen molar-refractivity contribution in [2.75, 3.05) is 39.9 Å². The van der Waals surface area contributed by atoms with Crippen molar-refractivity contribution in [3.8, 4) is 0 Å². The number of hydrogen-bond acceptors (Lipinski definition) is 5. The Morgan fingerprint density at radius 1 is 1.20 bits per heavy atom. The normalized spacial score (nSPS) is 22.6. The van der Waals surface area contributed by atoms with Gasteiger partial charge in [0.2, 0.25) is 0 Å². The number of nitrogens with one attached hydrogen (secondary N) is 1. The minimum Gasteiger partial charge on any atom is -0.466 e. The number of benzene rings is 1. The van der Waals surface area contributed by atoms with Gasteiger partial charge < -0.3 is 19.4 Å². The molecular formula is C27H36FN3O4. The van der Waals surface area contributed by atoms with Gasteiger partial charge in [0.1, 0.15) is 22.9 Å². The van der Waals surface area contributed by atoms with Crippen LogP contribution in [-0.4, -0.2) is 67.2 Å². The molecule has 2 saturated heterocycles. The molecule has 1 aromatic heterocycles. The largest absolute Gasteiger partial charge is 0.466 e. The third-order valence-corrected chi connectivity index (χ3v) is 7.50. The molecule has 4 rings (SSSR count). The Kier molecular flexibility index (Phi) is 7.91. The molecule has 0 aliphatic carbocycles. The van der Waals surface area contributed by atoms with Gasteiger partial charge in [0, 0.05) is 19.4 Å². The van der Waals surface area contributed by atoms with Gasteiger partial charge in [-0.15, -0.1) is 0 Å². The van der Waals surface area contributed by atoms with Gasteiger partial charge >= 0.3 is 6.03 Å². The number of rotatable bonds is 10. The molecule has 0 spiro atoms. The van der Waals surface area contributed by atoms with Gasteiger partial charge in [-0.25, -0.2) is 9.18 Å². The molecule has 2 aliphatic heterocycles. The molecule has 2 fully saturated rings. The number of carbonyl (C=O) groups is 2. The van der Waals surface area contributed by atoms with Crippen LogP contribution in [0.25, 0.3) is 0 Å². The number of furan rings is 1. The van der Waals surface area contributed by atoms with Gasteiger partial charge in [0.15, 0.2) is 0 Å². The molecule has 1 aromatic carbocycles. The van der Waals surface area contributed by atoms with Crippen LogP contribution in [-0.2, 0) is 16.0 Å². The summed E-state index contributed by atoms with van der Waals surface area (Å²) in [6.45, 7) is 7.27. The fourth-order valence-electron chi connectivity index (χ4n) is 5.43. The third-order valence-electron chi connectivity index (χ3n) is 7.50. The van der Waals surface area contributed by atoms with Gasteiger partial charge in [-0.05, 0) is 81.6 Å². The standard InChI is InChI=1S/C27H36FN3O4/c1-19(24-8-7-20(2)35-24)9-12-30-13-10-22(11-14-30)27(18-21-5-4-6-23(28)17-21)25(32)31(15-16-34-3)26(33)29-27/h4-8,17,19,22H,9-16,18H2,1-3H3,(H,29,33)/t19-,27-/m1/s1. The number of imide groups is 1. The average molecular weight is 486 g/mol. The molecule has 2 atom stereocenters. The minimum absolute atomic E-state index is 0.0313. The maximum Gasteiger partial charge on any atom is 0.325 e. The van der Waals surface area contributed by atoms with E-state index in [0.29, 0.717) is 11.5 Å². The number of urea groups is 1. The number of hydrogen-bond donors (Lipinski definition) is 1. The van der Waals surface area contributed by atoms with E-state index in [4.69, 9.17) is 9.15 Å². The van der Waals surface area contributed by atoms with Crippen LogP contribution in [0, 0.1) is 18.7 Å². The lowest BCUT2D eigenvalue weighted by Crippen LogP contribution is -2.57. The summed E-state index contributed by atoms with van der Waals surface area (Å²) in [6, 6.07) is 9.95. The number of methoxy groups -OCH3 is 1. The number of carbonyl (C=O) groups excluding carboxylic acids is 2. The molecule has 8 heteroatoms. The van der Waals surface area contributed by atoms with Crippen LogP contribution in [0.1, 0.15) is 49.2 Å². The van der Waals surface area contributed by atoms with Crippen LogP contribution >= 0.6 is 0 Å². The van der Waals surface area contributed by atoms with Crippen LogP contribution in [0.3, 0.4) is 0 Å². The highest BCUT2D eigenvalue weighted by Crippen LogP contribution is 2.37. The summed E-state index contributed by atoms with van der Waals surface area (Å²) in [4.78, 5) is 30.2. The van der Waals surface area contributed by atoms with E-state index in [1.165, 1.54) is 17.0 Å². The number of aryl methyl sites for hydroxylation is 1. The lowest BCUT2D eigenvalue weighted by molar-refractivity contribution is -0.134. The minimum atomic E-state index is -1.07. The fraction of sp³-hybridized carbons (Fsp3) is 0.556. The average Bonchev–Trinajstić information content (AvgIpc) is 3.38. The second-order valence-electron chi connectivity index (χ2n) is 9.91. The molecule has 0 unspecified atom stereocenters. The molecule has 35 heavy (non-hydrogen) atoms. The zero-order valence-corrected chi connectivity index (χ0v) is 20.9. The topological polar surface area (TPSA) is 75.0 Å². The molecule has 3 heterocycles. The molecule has 2 aromatic rings. The third kappa shape index (κ3) is 5.59. The lowest BCUT2D eigenvalue weighted by atomic mass is 9.74. The van der Waals surface area contributed by atoms with Crippen LogP contribution < -0.4 is 5.32 Å². The number of piperidine rings is 1. The number of nitrogens with zero attached hydrogens (tertiary/aromatic N) is 2. The first-order valence-electron chi connectivity index (χ1n) is 12.5. The highest BCUT2D eigenvalue weighted by Gasteiger charge is 2.55. The summed E-state index contributed by atoms with van der Waals surface area (Å²) in [6.07, 6.45) is 2.84. The quantitative estimate of drug-likeness (QED) is 0.513. The Hall–Kier alpha value is -2.71. The van der Waals surface area contributed by atoms with Crippen LogP contribution in [0.2, 0.25) is 0 Å². The number of amides is 3. The fourth-order valence-corrected chi connectivity index (χ4v) is 5.43. The Bertz CT molecular complexity index is 1030. The van der Waals surface area contributed by atoms with Crippen molar-refractivity contribution in [3.63, 3.8) is 0 Å². The summed E-state index contributed by atoms with van der Waals surface area (Å²) in [5, 5.41) is 3.03. The van der Waals surface area contributed by atoms with Crippen LogP contribution in [0.15, 0.2) is 40.8 Å². The second kappa shape index (κ2) is 10.9. The Morgan fingerprint density at radius 2 is 1.97 bits per heavy atom. The molecule has 7 nitrogen and oxygen atoms in total. The summed E-state index contributed by atoms with van der Waals surface area (Å²) in [7, 11) is 1.54. The van der Waals surface area contributed by atoms with Crippen molar-refractivity contribution in [2.45, 2.75) is 51.0 Å². The lowest BCUT2D eigenvalue weighted by Gasteiger charge is -2.41. The van der Waals surface area contributed by atoms with E-state index in [1.54, 1.807) is 13.2 Å². The maximum absolute atomic E-state index is 13.9. The smallest absolute Gasteiger partial charge is 0.325 e. The summed E-state index contributed by atoms with van der Waals surface area (Å²) >= 11 is 0. The maximum atomic E-state index is 13.9. The summed E-state index contributed by atoms with van der Waals surface area (Å²) in [5.41, 5.74) is -0.360. The molecule has 190 valence electrons. The number of likely N-dealkylation sites (tertiary alicyclic amines) is 1. The molecule has 2 aliphatic rings. The monoisotopic (exact) mass is 485 g/mol. The summed E-state index contributed by atoms with van der Waals surface area (Å²) in [5.74, 6) is 1.67. The first-order valence-corrected chi connectivity index (χ1v) is 12.5. The van der Waals surface area contributed by atoms with Crippen molar-refractivity contribution in [3.05, 3.63) is 59.3 Å². The van der Waals surface area contributed by atoms with Gasteiger partial charge in [0.05, 0.1) is 13.2 Å². The Labute approximate surface area is 206 Å². The van der Waals surface area contributed by atoms with Crippen molar-refractivity contribution < 1.29 is 23.1 Å². The van der Waals surface area contributed by atoms with Gasteiger partial charge in [0.25, 0.3) is 5.91 Å². The van der Waals surface area contributed by atoms with E-state index in [9.17, 15) is 14.0 Å². The Morgan fingerprint density at radius 3 is 2.63 bits per heavy atom. The van der Waals surface area contributed by atoms with E-state index in [0.717, 1.165) is 50.4 Å². The van der Waals surface area contributed by atoms with Crippen molar-refractivity contribution in [2.24, 2.45) is 5.92 Å². The van der Waals surface area contributed by atoms with E-state index in [2.05, 4.69) is 17.1 Å². The Balaban J connectivity index is 1.44. The molecule has 1 N–H and O–H groups in total. The van der Waals surface area contributed by atoms with Crippen LogP contribution in [0.4, 0.5) is 9.18 Å².